The Morgan fingerprint density at radius 2 is 1.20 bits per heavy atom. The van der Waals surface area contributed by atoms with Gasteiger partial charge in [0.05, 0.1) is 195 Å². The second-order valence-corrected chi connectivity index (χ2v) is 25.1. The summed E-state index contributed by atoms with van der Waals surface area (Å²) in [5, 5.41) is 39.5. The Labute approximate surface area is 574 Å². The summed E-state index contributed by atoms with van der Waals surface area (Å²) in [7, 11) is -4.45. The summed E-state index contributed by atoms with van der Waals surface area (Å²) in [6, 6.07) is 2.60. The van der Waals surface area contributed by atoms with Crippen LogP contribution in [0.4, 0.5) is 19.0 Å². The summed E-state index contributed by atoms with van der Waals surface area (Å²) in [5.74, 6) is -5.21. The molecule has 3 fully saturated rings. The predicted molar refractivity (Wildman–Crippen MR) is 340 cm³/mol. The number of benzene rings is 1. The molecule has 1 aromatic carbocycles. The van der Waals surface area contributed by atoms with Crippen LogP contribution in [-0.4, -0.2) is 297 Å². The number of ether oxygens (including phenoxy) is 15. The number of rotatable bonds is 52. The molecule has 7 heterocycles. The third-order valence-electron chi connectivity index (χ3n) is 15.5. The van der Waals surface area contributed by atoms with Crippen molar-refractivity contribution in [2.45, 2.75) is 76.2 Å². The maximum atomic E-state index is 13.8. The van der Waals surface area contributed by atoms with E-state index < -0.39 is 67.7 Å². The van der Waals surface area contributed by atoms with Gasteiger partial charge in [0.15, 0.2) is 23.5 Å². The third-order valence-corrected chi connectivity index (χ3v) is 16.2. The number of nitrogens with zero attached hydrogens (tertiary/aromatic N) is 11. The normalized spacial score (nSPS) is 17.8. The molecule has 99 heavy (non-hydrogen) atoms. The summed E-state index contributed by atoms with van der Waals surface area (Å²) >= 11 is 6.42. The van der Waals surface area contributed by atoms with Crippen molar-refractivity contribution < 1.29 is 118 Å². The summed E-state index contributed by atoms with van der Waals surface area (Å²) in [6.07, 6.45) is 3.13. The van der Waals surface area contributed by atoms with Crippen molar-refractivity contribution in [1.29, 1.82) is 0 Å². The second-order valence-electron chi connectivity index (χ2n) is 23.2. The number of hydrogen-bond donors (Lipinski definition) is 4. The molecule has 0 unspecified atom stereocenters. The minimum atomic E-state index is -4.45. The van der Waals surface area contributed by atoms with Gasteiger partial charge in [0.2, 0.25) is 11.0 Å². The molecule has 3 aliphatic rings. The van der Waals surface area contributed by atoms with Crippen molar-refractivity contribution in [3.8, 4) is 5.75 Å². The van der Waals surface area contributed by atoms with Gasteiger partial charge in [-0.25, -0.2) is 22.5 Å². The Hall–Kier alpha value is -5.55. The molecule has 1 spiro atoms. The van der Waals surface area contributed by atoms with Gasteiger partial charge >= 0.3 is 13.6 Å². The van der Waals surface area contributed by atoms with Crippen LogP contribution < -0.4 is 9.64 Å². The number of amides is 1. The molecule has 38 heteroatoms. The molecule has 0 saturated carbocycles. The SMILES string of the molecule is O=C(CCOCCOCCOCCOCCOCCOCCOCCOCCOCCOCCOCCOCCn1cc(CCCCn2ccc(C(=O)N3CCCC4(C3)CN(c3nc(Cl)nc5c3cnn5[C@@H]3O[C@H](COCP(=O)(O)O)[C@@H](O)[C@H]3O)C4)n2)nn1)Oc1c(F)cc(F)cc1F. The zero-order valence-corrected chi connectivity index (χ0v) is 56.8. The van der Waals surface area contributed by atoms with Crippen molar-refractivity contribution >= 4 is 47.9 Å². The van der Waals surface area contributed by atoms with E-state index in [1.165, 1.54) is 10.9 Å². The van der Waals surface area contributed by atoms with Crippen LogP contribution in [-0.2, 0) is 95.2 Å². The van der Waals surface area contributed by atoms with Crippen LogP contribution in [0, 0.1) is 22.9 Å². The number of aromatic nitrogens is 9. The number of hydrogen-bond acceptors (Lipinski definition) is 27. The minimum absolute atomic E-state index is 0.0506. The highest BCUT2D eigenvalue weighted by Crippen LogP contribution is 2.44. The van der Waals surface area contributed by atoms with Gasteiger partial charge in [0, 0.05) is 62.7 Å². The van der Waals surface area contributed by atoms with E-state index in [2.05, 4.69) is 35.2 Å². The molecule has 1 amide bonds. The quantitative estimate of drug-likeness (QED) is 0.0143. The third kappa shape index (κ3) is 27.3. The predicted octanol–water partition coefficient (Wildman–Crippen LogP) is 2.42. The van der Waals surface area contributed by atoms with Crippen molar-refractivity contribution in [2.75, 3.05) is 203 Å². The number of carbonyl (C=O) groups excluding carboxylic acids is 2. The molecule has 0 radical (unpaired) electrons. The number of aliphatic hydroxyl groups is 2. The fourth-order valence-corrected chi connectivity index (χ4v) is 11.3. The first-order valence-corrected chi connectivity index (χ1v) is 35.0. The molecule has 3 aliphatic heterocycles. The van der Waals surface area contributed by atoms with Gasteiger partial charge in [0.25, 0.3) is 5.91 Å². The van der Waals surface area contributed by atoms with Crippen molar-refractivity contribution in [3.63, 3.8) is 0 Å². The first-order valence-electron chi connectivity index (χ1n) is 32.8. The fraction of sp³-hybridized carbons (Fsp3) is 0.705. The van der Waals surface area contributed by atoms with Gasteiger partial charge in [-0.05, 0) is 49.8 Å². The van der Waals surface area contributed by atoms with E-state index in [1.807, 2.05) is 22.2 Å². The highest BCUT2D eigenvalue weighted by molar-refractivity contribution is 7.51. The molecule has 3 saturated heterocycles. The van der Waals surface area contributed by atoms with E-state index in [0.717, 1.165) is 37.8 Å². The fourth-order valence-electron chi connectivity index (χ4n) is 10.8. The molecule has 8 rings (SSSR count). The van der Waals surface area contributed by atoms with Crippen LogP contribution in [0.15, 0.2) is 36.8 Å². The second kappa shape index (κ2) is 42.8. The zero-order valence-electron chi connectivity index (χ0n) is 55.2. The molecule has 0 aliphatic carbocycles. The van der Waals surface area contributed by atoms with Gasteiger partial charge in [-0.15, -0.1) is 5.10 Å². The van der Waals surface area contributed by atoms with Crippen LogP contribution in [0.2, 0.25) is 5.28 Å². The smallest absolute Gasteiger partial charge is 0.350 e. The number of carbonyl (C=O) groups is 2. The molecule has 4 N–H and O–H groups in total. The average molecular weight is 1450 g/mol. The molecular weight excluding hydrogens is 1360 g/mol. The Morgan fingerprint density at radius 1 is 0.667 bits per heavy atom. The number of unbranched alkanes of at least 4 members (excludes halogenated alkanes) is 1. The zero-order chi connectivity index (χ0) is 70.1. The number of likely N-dealkylation sites (tertiary alicyclic amines) is 1. The van der Waals surface area contributed by atoms with Gasteiger partial charge in [-0.3, -0.25) is 18.8 Å². The van der Waals surface area contributed by atoms with E-state index in [1.54, 1.807) is 15.4 Å². The number of aliphatic hydroxyl groups excluding tert-OH is 2. The van der Waals surface area contributed by atoms with Gasteiger partial charge < -0.3 is 101 Å². The average Bonchev–Trinajstić information content (AvgIpc) is 1.72. The molecule has 4 aromatic heterocycles. The Bertz CT molecular complexity index is 3210. The number of fused-ring (bicyclic) bond motifs is 1. The number of piperidine rings is 1. The van der Waals surface area contributed by atoms with E-state index in [-0.39, 0.29) is 55.1 Å². The number of anilines is 1. The lowest BCUT2D eigenvalue weighted by Gasteiger charge is -2.55. The van der Waals surface area contributed by atoms with Crippen LogP contribution >= 0.6 is 19.2 Å². The van der Waals surface area contributed by atoms with Crippen molar-refractivity contribution in [2.24, 2.45) is 5.41 Å². The van der Waals surface area contributed by atoms with Crippen LogP contribution in [0.3, 0.4) is 0 Å². The van der Waals surface area contributed by atoms with Crippen molar-refractivity contribution in [1.82, 2.24) is 49.4 Å². The topological polar surface area (TPSA) is 369 Å². The van der Waals surface area contributed by atoms with E-state index in [9.17, 15) is 37.5 Å². The first-order chi connectivity index (χ1) is 48.0. The van der Waals surface area contributed by atoms with E-state index in [0.29, 0.717) is 207 Å². The standard InChI is InChI=1S/C61H90ClF3N11O22P/c62-60-67-56(47-38-66-76(57(47)68-60)59-54(79)53(78)51(97-59)40-96-44-99(81,82)83)73-42-61(43-73)7-3-8-72(41-61)58(80)50-5-10-74(70-50)9-2-1-4-46-39-75(71-69-46)11-13-85-15-17-87-19-21-89-23-25-91-27-29-93-31-33-95-35-34-94-32-30-92-28-26-90-24-22-88-20-18-86-16-14-84-12-6-52(77)98-55-48(64)36-45(63)37-49(55)65/h5,10,36-39,51,53-54,59,78-79H,1-4,6-9,11-35,40-44H2,(H2,81,82,83)/t51-,53-,54-,59-/m1/s1. The lowest BCUT2D eigenvalue weighted by Crippen LogP contribution is -2.64. The maximum absolute atomic E-state index is 13.8. The molecule has 0 bridgehead atoms. The van der Waals surface area contributed by atoms with Crippen LogP contribution in [0.5, 0.6) is 5.75 Å². The Kier molecular flexibility index (Phi) is 34.2. The number of esters is 1. The summed E-state index contributed by atoms with van der Waals surface area (Å²) in [6.45, 7) is 12.4. The van der Waals surface area contributed by atoms with Crippen LogP contribution in [0.1, 0.15) is 54.5 Å². The summed E-state index contributed by atoms with van der Waals surface area (Å²) in [4.78, 5) is 56.6. The highest BCUT2D eigenvalue weighted by atomic mass is 35.5. The number of halogens is 4. The molecule has 4 atom stereocenters. The largest absolute Gasteiger partial charge is 0.420 e. The summed E-state index contributed by atoms with van der Waals surface area (Å²) in [5.41, 5.74) is 1.35. The molecular formula is C61H90ClF3N11O22P. The lowest BCUT2D eigenvalue weighted by molar-refractivity contribution is -0.136. The van der Waals surface area contributed by atoms with E-state index in [4.69, 9.17) is 87.7 Å². The Morgan fingerprint density at radius 3 is 1.75 bits per heavy atom. The molecule has 33 nitrogen and oxygen atoms in total. The Balaban J connectivity index is 0.531. The lowest BCUT2D eigenvalue weighted by atomic mass is 9.73. The monoisotopic (exact) mass is 1450 g/mol. The molecule has 5 aromatic rings. The molecule has 554 valence electrons. The van der Waals surface area contributed by atoms with E-state index >= 15 is 0 Å². The van der Waals surface area contributed by atoms with Crippen molar-refractivity contribution in [3.05, 3.63) is 70.9 Å². The van der Waals surface area contributed by atoms with Gasteiger partial charge in [-0.1, -0.05) is 5.21 Å². The summed E-state index contributed by atoms with van der Waals surface area (Å²) < 4.78 is 138. The van der Waals surface area contributed by atoms with Gasteiger partial charge in [-0.2, -0.15) is 20.2 Å². The first kappa shape index (κ1) is 79.2. The van der Waals surface area contributed by atoms with Gasteiger partial charge in [0.1, 0.15) is 42.0 Å². The number of aryl methyl sites for hydroxylation is 2. The minimum Gasteiger partial charge on any atom is -0.420 e. The van der Waals surface area contributed by atoms with Crippen LogP contribution in [0.25, 0.3) is 11.0 Å². The highest BCUT2D eigenvalue weighted by Gasteiger charge is 2.49. The maximum Gasteiger partial charge on any atom is 0.350 e.